The van der Waals surface area contributed by atoms with Crippen molar-refractivity contribution >= 4 is 34.9 Å². The number of amides is 1. The normalized spacial score (nSPS) is 14.5. The third kappa shape index (κ3) is 5.25. The van der Waals surface area contributed by atoms with E-state index in [2.05, 4.69) is 20.5 Å². The topological polar surface area (TPSA) is 120 Å². The highest BCUT2D eigenvalue weighted by Gasteiger charge is 2.15. The van der Waals surface area contributed by atoms with Gasteiger partial charge in [-0.2, -0.15) is 0 Å². The van der Waals surface area contributed by atoms with Crippen LogP contribution in [0, 0.1) is 10.1 Å². The van der Waals surface area contributed by atoms with Crippen LogP contribution in [-0.2, 0) is 0 Å². The zero-order valence-electron chi connectivity index (χ0n) is 14.7. The molecule has 1 aliphatic rings. The Morgan fingerprint density at radius 1 is 1.26 bits per heavy atom. The predicted octanol–water partition coefficient (Wildman–Crippen LogP) is 0.883. The minimum atomic E-state index is -0.528. The Morgan fingerprint density at radius 3 is 2.70 bits per heavy atom. The van der Waals surface area contributed by atoms with Crippen LogP contribution in [0.1, 0.15) is 16.8 Å². The van der Waals surface area contributed by atoms with Crippen molar-refractivity contribution < 1.29 is 9.72 Å². The minimum Gasteiger partial charge on any atom is -0.352 e. The molecule has 146 valence electrons. The molecule has 1 fully saturated rings. The summed E-state index contributed by atoms with van der Waals surface area (Å²) < 4.78 is 0. The summed E-state index contributed by atoms with van der Waals surface area (Å²) in [6, 6.07) is 5.22. The van der Waals surface area contributed by atoms with E-state index in [1.165, 1.54) is 24.3 Å². The molecule has 1 aromatic heterocycles. The standard InChI is InChI=1S/C17H21N5O4.ClH/c23-16-11-14(13-10-12(22(25)26)2-3-15(13)20-16)17(24)19-4-1-7-21-8-5-18-6-9-21;/h2-3,10-11,18H,1,4-9H2,(H,19,24)(H,20,23);1H. The Labute approximate surface area is 161 Å². The van der Waals surface area contributed by atoms with E-state index in [1.807, 2.05) is 0 Å². The van der Waals surface area contributed by atoms with Crippen molar-refractivity contribution in [2.45, 2.75) is 6.42 Å². The number of nitrogens with one attached hydrogen (secondary N) is 3. The molecule has 3 N–H and O–H groups in total. The van der Waals surface area contributed by atoms with Gasteiger partial charge in [0.15, 0.2) is 0 Å². The molecular weight excluding hydrogens is 374 g/mol. The van der Waals surface area contributed by atoms with Gasteiger partial charge < -0.3 is 20.5 Å². The molecular formula is C17H22ClN5O4. The highest BCUT2D eigenvalue weighted by atomic mass is 35.5. The summed E-state index contributed by atoms with van der Waals surface area (Å²) in [5, 5.41) is 17.4. The number of rotatable bonds is 6. The lowest BCUT2D eigenvalue weighted by atomic mass is 10.1. The first-order valence-electron chi connectivity index (χ1n) is 8.57. The molecule has 2 aromatic rings. The number of aromatic nitrogens is 1. The fourth-order valence-electron chi connectivity index (χ4n) is 3.08. The summed E-state index contributed by atoms with van der Waals surface area (Å²) in [6.45, 7) is 5.32. The number of nitrogens with zero attached hydrogens (tertiary/aromatic N) is 2. The third-order valence-electron chi connectivity index (χ3n) is 4.43. The van der Waals surface area contributed by atoms with E-state index in [0.717, 1.165) is 39.1 Å². The van der Waals surface area contributed by atoms with Crippen molar-refractivity contribution in [2.24, 2.45) is 0 Å². The summed E-state index contributed by atoms with van der Waals surface area (Å²) >= 11 is 0. The second-order valence-corrected chi connectivity index (χ2v) is 6.24. The molecule has 2 heterocycles. The largest absolute Gasteiger partial charge is 0.352 e. The maximum atomic E-state index is 12.5. The fraction of sp³-hybridized carbons (Fsp3) is 0.412. The Hall–Kier alpha value is -2.49. The van der Waals surface area contributed by atoms with Gasteiger partial charge in [0.1, 0.15) is 0 Å². The lowest BCUT2D eigenvalue weighted by molar-refractivity contribution is -0.384. The first kappa shape index (κ1) is 20.8. The lowest BCUT2D eigenvalue weighted by Gasteiger charge is -2.27. The number of aromatic amines is 1. The molecule has 10 heteroatoms. The molecule has 1 aromatic carbocycles. The van der Waals surface area contributed by atoms with Crippen LogP contribution in [0.4, 0.5) is 5.69 Å². The van der Waals surface area contributed by atoms with E-state index in [4.69, 9.17) is 0 Å². The Balaban J connectivity index is 0.00000261. The van der Waals surface area contributed by atoms with E-state index < -0.39 is 16.4 Å². The van der Waals surface area contributed by atoms with Gasteiger partial charge >= 0.3 is 0 Å². The van der Waals surface area contributed by atoms with Crippen LogP contribution in [0.15, 0.2) is 29.1 Å². The number of carbonyl (C=O) groups is 1. The number of carbonyl (C=O) groups excluding carboxylic acids is 1. The van der Waals surface area contributed by atoms with Crippen LogP contribution in [0.2, 0.25) is 0 Å². The zero-order valence-corrected chi connectivity index (χ0v) is 15.5. The van der Waals surface area contributed by atoms with Crippen molar-refractivity contribution in [1.29, 1.82) is 0 Å². The molecule has 0 aliphatic carbocycles. The highest BCUT2D eigenvalue weighted by Crippen LogP contribution is 2.21. The van der Waals surface area contributed by atoms with Crippen LogP contribution in [-0.4, -0.2) is 60.0 Å². The molecule has 1 aliphatic heterocycles. The van der Waals surface area contributed by atoms with Crippen LogP contribution in [0.25, 0.3) is 10.9 Å². The number of H-pyrrole nitrogens is 1. The quantitative estimate of drug-likeness (QED) is 0.379. The number of nitro benzene ring substituents is 1. The molecule has 0 atom stereocenters. The third-order valence-corrected chi connectivity index (χ3v) is 4.43. The maximum Gasteiger partial charge on any atom is 0.270 e. The van der Waals surface area contributed by atoms with Gasteiger partial charge in [0.2, 0.25) is 5.56 Å². The molecule has 27 heavy (non-hydrogen) atoms. The average Bonchev–Trinajstić information content (AvgIpc) is 2.64. The number of pyridine rings is 1. The highest BCUT2D eigenvalue weighted by molar-refractivity contribution is 6.06. The number of benzene rings is 1. The van der Waals surface area contributed by atoms with E-state index in [0.29, 0.717) is 17.4 Å². The van der Waals surface area contributed by atoms with Gasteiger partial charge in [-0.1, -0.05) is 0 Å². The Morgan fingerprint density at radius 2 is 2.00 bits per heavy atom. The van der Waals surface area contributed by atoms with Gasteiger partial charge in [0, 0.05) is 61.8 Å². The second-order valence-electron chi connectivity index (χ2n) is 6.24. The van der Waals surface area contributed by atoms with Crippen molar-refractivity contribution in [2.75, 3.05) is 39.3 Å². The van der Waals surface area contributed by atoms with Gasteiger partial charge in [0.25, 0.3) is 11.6 Å². The summed E-state index contributed by atoms with van der Waals surface area (Å²) in [4.78, 5) is 39.6. The van der Waals surface area contributed by atoms with E-state index in [1.54, 1.807) is 0 Å². The second kappa shape index (κ2) is 9.45. The Kier molecular flexibility index (Phi) is 7.28. The lowest BCUT2D eigenvalue weighted by Crippen LogP contribution is -2.44. The fourth-order valence-corrected chi connectivity index (χ4v) is 3.08. The molecule has 0 bridgehead atoms. The number of non-ortho nitro benzene ring substituents is 1. The molecule has 0 spiro atoms. The zero-order chi connectivity index (χ0) is 18.5. The molecule has 1 amide bonds. The van der Waals surface area contributed by atoms with Crippen molar-refractivity contribution in [3.05, 3.63) is 50.3 Å². The summed E-state index contributed by atoms with van der Waals surface area (Å²) in [6.07, 6.45) is 0.799. The van der Waals surface area contributed by atoms with E-state index >= 15 is 0 Å². The molecule has 1 saturated heterocycles. The number of piperazine rings is 1. The Bertz CT molecular complexity index is 879. The average molecular weight is 396 g/mol. The first-order chi connectivity index (χ1) is 12.5. The molecule has 3 rings (SSSR count). The van der Waals surface area contributed by atoms with E-state index in [9.17, 15) is 19.7 Å². The number of halogens is 1. The summed E-state index contributed by atoms with van der Waals surface area (Å²) in [7, 11) is 0. The summed E-state index contributed by atoms with van der Waals surface area (Å²) in [5.74, 6) is -0.401. The van der Waals surface area contributed by atoms with Crippen molar-refractivity contribution in [3.8, 4) is 0 Å². The molecule has 0 saturated carbocycles. The first-order valence-corrected chi connectivity index (χ1v) is 8.57. The van der Waals surface area contributed by atoms with Crippen LogP contribution >= 0.6 is 12.4 Å². The maximum absolute atomic E-state index is 12.5. The number of nitro groups is 1. The monoisotopic (exact) mass is 395 g/mol. The molecule has 0 radical (unpaired) electrons. The van der Waals surface area contributed by atoms with Crippen LogP contribution < -0.4 is 16.2 Å². The van der Waals surface area contributed by atoms with Gasteiger partial charge in [-0.15, -0.1) is 12.4 Å². The van der Waals surface area contributed by atoms with Crippen molar-refractivity contribution in [3.63, 3.8) is 0 Å². The summed E-state index contributed by atoms with van der Waals surface area (Å²) in [5.41, 5.74) is -0.00156. The number of hydrogen-bond acceptors (Lipinski definition) is 6. The van der Waals surface area contributed by atoms with Gasteiger partial charge in [-0.3, -0.25) is 19.7 Å². The van der Waals surface area contributed by atoms with Gasteiger partial charge in [-0.05, 0) is 19.0 Å². The molecule has 0 unspecified atom stereocenters. The van der Waals surface area contributed by atoms with Gasteiger partial charge in [0.05, 0.1) is 10.5 Å². The van der Waals surface area contributed by atoms with E-state index in [-0.39, 0.29) is 23.7 Å². The van der Waals surface area contributed by atoms with Crippen LogP contribution in [0.5, 0.6) is 0 Å². The predicted molar refractivity (Wildman–Crippen MR) is 105 cm³/mol. The SMILES string of the molecule is Cl.O=C(NCCCN1CCNCC1)c1cc(=O)[nH]c2ccc([N+](=O)[O-])cc12. The minimum absolute atomic E-state index is 0. The molecule has 9 nitrogen and oxygen atoms in total. The van der Waals surface area contributed by atoms with Gasteiger partial charge in [-0.25, -0.2) is 0 Å². The smallest absolute Gasteiger partial charge is 0.270 e. The number of hydrogen-bond donors (Lipinski definition) is 3. The number of fused-ring (bicyclic) bond motifs is 1. The van der Waals surface area contributed by atoms with Crippen LogP contribution in [0.3, 0.4) is 0 Å². The van der Waals surface area contributed by atoms with Crippen molar-refractivity contribution in [1.82, 2.24) is 20.5 Å².